The van der Waals surface area contributed by atoms with E-state index >= 15 is 0 Å². The van der Waals surface area contributed by atoms with Crippen LogP contribution in [0.2, 0.25) is 0 Å². The number of carbonyl (C=O) groups is 2. The predicted molar refractivity (Wildman–Crippen MR) is 95.4 cm³/mol. The van der Waals surface area contributed by atoms with Gasteiger partial charge >= 0.3 is 5.97 Å². The standard InChI is InChI=1S/C20H23NO4/c1-2-20(19(24)25,14-16-8-11-17(22)12-9-16)21-18(23)13-10-15-6-4-3-5-7-15/h3-9,11-12,22H,2,10,13-14H2,1H3,(H,21,23)(H,24,25). The Morgan fingerprint density at radius 2 is 1.64 bits per heavy atom. The Morgan fingerprint density at radius 1 is 1.00 bits per heavy atom. The first kappa shape index (κ1) is 18.5. The van der Waals surface area contributed by atoms with Gasteiger partial charge in [-0.2, -0.15) is 0 Å². The molecule has 25 heavy (non-hydrogen) atoms. The SMILES string of the molecule is CCC(Cc1ccc(O)cc1)(NC(=O)CCc1ccccc1)C(=O)O. The summed E-state index contributed by atoms with van der Waals surface area (Å²) >= 11 is 0. The molecule has 0 aliphatic heterocycles. The van der Waals surface area contributed by atoms with Gasteiger partial charge in [-0.15, -0.1) is 0 Å². The molecule has 0 saturated carbocycles. The summed E-state index contributed by atoms with van der Waals surface area (Å²) in [5.41, 5.74) is 0.420. The molecule has 1 atom stereocenters. The third-order valence-corrected chi connectivity index (χ3v) is 4.32. The van der Waals surface area contributed by atoms with Gasteiger partial charge in [-0.3, -0.25) is 4.79 Å². The van der Waals surface area contributed by atoms with E-state index in [-0.39, 0.29) is 30.9 Å². The molecule has 0 aliphatic carbocycles. The molecule has 0 saturated heterocycles. The average Bonchev–Trinajstić information content (AvgIpc) is 2.62. The largest absolute Gasteiger partial charge is 0.508 e. The lowest BCUT2D eigenvalue weighted by atomic mass is 9.87. The highest BCUT2D eigenvalue weighted by Gasteiger charge is 2.38. The molecule has 0 radical (unpaired) electrons. The molecule has 132 valence electrons. The molecule has 2 rings (SSSR count). The molecule has 0 bridgehead atoms. The monoisotopic (exact) mass is 341 g/mol. The van der Waals surface area contributed by atoms with Crippen molar-refractivity contribution in [1.29, 1.82) is 0 Å². The normalized spacial score (nSPS) is 13.0. The molecule has 1 amide bonds. The molecular formula is C20H23NO4. The van der Waals surface area contributed by atoms with E-state index in [0.717, 1.165) is 11.1 Å². The highest BCUT2D eigenvalue weighted by molar-refractivity contribution is 5.87. The van der Waals surface area contributed by atoms with Crippen molar-refractivity contribution in [2.45, 2.75) is 38.1 Å². The van der Waals surface area contributed by atoms with E-state index in [0.29, 0.717) is 6.42 Å². The zero-order chi connectivity index (χ0) is 18.3. The van der Waals surface area contributed by atoms with Crippen LogP contribution in [0.25, 0.3) is 0 Å². The van der Waals surface area contributed by atoms with Gasteiger partial charge in [0.05, 0.1) is 0 Å². The first-order valence-electron chi connectivity index (χ1n) is 8.31. The minimum Gasteiger partial charge on any atom is -0.508 e. The van der Waals surface area contributed by atoms with Crippen LogP contribution in [-0.2, 0) is 22.4 Å². The molecule has 5 heteroatoms. The molecule has 0 aliphatic rings. The minimum absolute atomic E-state index is 0.119. The lowest BCUT2D eigenvalue weighted by molar-refractivity contribution is -0.147. The summed E-state index contributed by atoms with van der Waals surface area (Å²) in [6.45, 7) is 1.74. The van der Waals surface area contributed by atoms with Crippen molar-refractivity contribution in [1.82, 2.24) is 5.32 Å². The summed E-state index contributed by atoms with van der Waals surface area (Å²) in [5, 5.41) is 21.8. The van der Waals surface area contributed by atoms with E-state index < -0.39 is 11.5 Å². The third kappa shape index (κ3) is 5.08. The number of aromatic hydroxyl groups is 1. The maximum absolute atomic E-state index is 12.3. The van der Waals surface area contributed by atoms with Gasteiger partial charge in [0.1, 0.15) is 11.3 Å². The van der Waals surface area contributed by atoms with E-state index in [4.69, 9.17) is 0 Å². The topological polar surface area (TPSA) is 86.6 Å². The van der Waals surface area contributed by atoms with Crippen molar-refractivity contribution < 1.29 is 19.8 Å². The first-order chi connectivity index (χ1) is 11.9. The van der Waals surface area contributed by atoms with E-state index in [1.165, 1.54) is 12.1 Å². The number of phenolic OH excluding ortho intramolecular Hbond substituents is 1. The second-order valence-corrected chi connectivity index (χ2v) is 6.12. The van der Waals surface area contributed by atoms with Crippen LogP contribution in [0, 0.1) is 0 Å². The maximum Gasteiger partial charge on any atom is 0.329 e. The van der Waals surface area contributed by atoms with Gasteiger partial charge in [0.15, 0.2) is 0 Å². The molecule has 0 fully saturated rings. The molecular weight excluding hydrogens is 318 g/mol. The Kier molecular flexibility index (Phi) is 6.17. The second kappa shape index (κ2) is 8.33. The lowest BCUT2D eigenvalue weighted by Gasteiger charge is -2.29. The first-order valence-corrected chi connectivity index (χ1v) is 8.31. The van der Waals surface area contributed by atoms with Gasteiger partial charge in [0.25, 0.3) is 0 Å². The minimum atomic E-state index is -1.36. The van der Waals surface area contributed by atoms with Crippen LogP contribution >= 0.6 is 0 Å². The van der Waals surface area contributed by atoms with Gasteiger partial charge in [-0.05, 0) is 36.1 Å². The highest BCUT2D eigenvalue weighted by Crippen LogP contribution is 2.20. The maximum atomic E-state index is 12.3. The number of amides is 1. The van der Waals surface area contributed by atoms with E-state index in [9.17, 15) is 19.8 Å². The van der Waals surface area contributed by atoms with Crippen molar-refractivity contribution in [3.63, 3.8) is 0 Å². The van der Waals surface area contributed by atoms with Gasteiger partial charge < -0.3 is 15.5 Å². The molecule has 0 heterocycles. The summed E-state index contributed by atoms with van der Waals surface area (Å²) in [7, 11) is 0. The summed E-state index contributed by atoms with van der Waals surface area (Å²) in [5.74, 6) is -1.23. The van der Waals surface area contributed by atoms with Crippen molar-refractivity contribution >= 4 is 11.9 Å². The molecule has 3 N–H and O–H groups in total. The predicted octanol–water partition coefficient (Wildman–Crippen LogP) is 2.92. The second-order valence-electron chi connectivity index (χ2n) is 6.12. The molecule has 2 aromatic carbocycles. The van der Waals surface area contributed by atoms with Crippen LogP contribution in [0.4, 0.5) is 0 Å². The van der Waals surface area contributed by atoms with Crippen LogP contribution in [0.1, 0.15) is 30.9 Å². The van der Waals surface area contributed by atoms with Crippen molar-refractivity contribution in [2.75, 3.05) is 0 Å². The summed E-state index contributed by atoms with van der Waals surface area (Å²) in [6.07, 6.45) is 1.22. The quantitative estimate of drug-likeness (QED) is 0.689. The smallest absolute Gasteiger partial charge is 0.329 e. The van der Waals surface area contributed by atoms with Gasteiger partial charge in [0, 0.05) is 12.8 Å². The summed E-state index contributed by atoms with van der Waals surface area (Å²) in [4.78, 5) is 24.2. The number of carbonyl (C=O) groups excluding carboxylic acids is 1. The number of aryl methyl sites for hydroxylation is 1. The van der Waals surface area contributed by atoms with Crippen molar-refractivity contribution in [2.24, 2.45) is 0 Å². The van der Waals surface area contributed by atoms with E-state index in [1.807, 2.05) is 30.3 Å². The average molecular weight is 341 g/mol. The third-order valence-electron chi connectivity index (χ3n) is 4.32. The zero-order valence-corrected chi connectivity index (χ0v) is 14.2. The number of aliphatic carboxylic acids is 1. The molecule has 2 aromatic rings. The number of phenols is 1. The van der Waals surface area contributed by atoms with Crippen LogP contribution in [0.5, 0.6) is 5.75 Å². The molecule has 5 nitrogen and oxygen atoms in total. The van der Waals surface area contributed by atoms with Crippen LogP contribution in [0.15, 0.2) is 54.6 Å². The Balaban J connectivity index is 2.06. The lowest BCUT2D eigenvalue weighted by Crippen LogP contribution is -2.55. The zero-order valence-electron chi connectivity index (χ0n) is 14.2. The summed E-state index contributed by atoms with van der Waals surface area (Å²) in [6, 6.07) is 16.0. The van der Waals surface area contributed by atoms with Gasteiger partial charge in [-0.25, -0.2) is 4.79 Å². The van der Waals surface area contributed by atoms with Crippen molar-refractivity contribution in [3.05, 3.63) is 65.7 Å². The Hall–Kier alpha value is -2.82. The van der Waals surface area contributed by atoms with Gasteiger partial charge in [-0.1, -0.05) is 49.4 Å². The number of benzene rings is 2. The number of carboxylic acid groups (broad SMARTS) is 1. The number of nitrogens with one attached hydrogen (secondary N) is 1. The van der Waals surface area contributed by atoms with Crippen molar-refractivity contribution in [3.8, 4) is 5.75 Å². The molecule has 0 aromatic heterocycles. The number of hydrogen-bond donors (Lipinski definition) is 3. The highest BCUT2D eigenvalue weighted by atomic mass is 16.4. The van der Waals surface area contributed by atoms with E-state index in [2.05, 4.69) is 5.32 Å². The Labute approximate surface area is 147 Å². The van der Waals surface area contributed by atoms with Crippen LogP contribution in [-0.4, -0.2) is 27.6 Å². The molecule has 0 spiro atoms. The van der Waals surface area contributed by atoms with Gasteiger partial charge in [0.2, 0.25) is 5.91 Å². The fourth-order valence-corrected chi connectivity index (χ4v) is 2.73. The summed E-state index contributed by atoms with van der Waals surface area (Å²) < 4.78 is 0. The number of hydrogen-bond acceptors (Lipinski definition) is 3. The fourth-order valence-electron chi connectivity index (χ4n) is 2.73. The Morgan fingerprint density at radius 3 is 2.20 bits per heavy atom. The fraction of sp³-hybridized carbons (Fsp3) is 0.300. The van der Waals surface area contributed by atoms with Crippen LogP contribution in [0.3, 0.4) is 0 Å². The number of rotatable bonds is 8. The van der Waals surface area contributed by atoms with Crippen LogP contribution < -0.4 is 5.32 Å². The van der Waals surface area contributed by atoms with E-state index in [1.54, 1.807) is 19.1 Å². The Bertz CT molecular complexity index is 712. The number of carboxylic acids is 1. The molecule has 1 unspecified atom stereocenters.